The molecule has 8 heteroatoms. The molecule has 4 heterocycles. The third-order valence-corrected chi connectivity index (χ3v) is 6.02. The maximum Gasteiger partial charge on any atom is 0.226 e. The molecule has 1 N–H and O–H groups in total. The van der Waals surface area contributed by atoms with Gasteiger partial charge in [0.1, 0.15) is 11.6 Å². The molecule has 29 heavy (non-hydrogen) atoms. The zero-order valence-corrected chi connectivity index (χ0v) is 16.9. The van der Waals surface area contributed by atoms with Crippen molar-refractivity contribution in [2.45, 2.75) is 26.2 Å². The zero-order chi connectivity index (χ0) is 20.0. The summed E-state index contributed by atoms with van der Waals surface area (Å²) in [6.07, 6.45) is 3.93. The Morgan fingerprint density at radius 1 is 1.34 bits per heavy atom. The molecular weight excluding hydrogens is 386 g/mol. The Morgan fingerprint density at radius 3 is 3.03 bits per heavy atom. The number of nitrogens with one attached hydrogen (secondary N) is 1. The van der Waals surface area contributed by atoms with Crippen LogP contribution in [0.25, 0.3) is 15.3 Å². The number of thiazole rings is 1. The van der Waals surface area contributed by atoms with Crippen molar-refractivity contribution in [1.29, 1.82) is 0 Å². The number of carbonyl (C=O) groups is 1. The Labute approximate surface area is 171 Å². The molecule has 146 valence electrons. The average Bonchev–Trinajstić information content (AvgIpc) is 3.29. The molecule has 1 aromatic carbocycles. The van der Waals surface area contributed by atoms with Crippen molar-refractivity contribution in [3.05, 3.63) is 59.5 Å². The Balaban J connectivity index is 1.63. The molecule has 0 aliphatic carbocycles. The summed E-state index contributed by atoms with van der Waals surface area (Å²) in [5, 5.41) is 8.44. The third kappa shape index (κ3) is 3.05. The van der Waals surface area contributed by atoms with Gasteiger partial charge in [-0.25, -0.2) is 4.98 Å². The summed E-state index contributed by atoms with van der Waals surface area (Å²) in [6.45, 7) is 4.55. The number of pyridine rings is 1. The van der Waals surface area contributed by atoms with Crippen LogP contribution in [0.4, 0.5) is 5.82 Å². The molecule has 3 aromatic heterocycles. The highest BCUT2D eigenvalue weighted by atomic mass is 32.1. The van der Waals surface area contributed by atoms with E-state index in [9.17, 15) is 4.79 Å². The lowest BCUT2D eigenvalue weighted by Crippen LogP contribution is -2.25. The summed E-state index contributed by atoms with van der Waals surface area (Å²) in [5.41, 5.74) is 3.79. The van der Waals surface area contributed by atoms with Gasteiger partial charge in [0.15, 0.2) is 0 Å². The maximum absolute atomic E-state index is 12.5. The van der Waals surface area contributed by atoms with E-state index in [0.29, 0.717) is 24.0 Å². The number of carbonyl (C=O) groups excluding carboxylic acids is 1. The Kier molecular flexibility index (Phi) is 4.28. The van der Waals surface area contributed by atoms with Crippen LogP contribution in [0.5, 0.6) is 5.75 Å². The number of anilines is 1. The van der Waals surface area contributed by atoms with Crippen LogP contribution in [0.1, 0.15) is 36.1 Å². The highest BCUT2D eigenvalue weighted by molar-refractivity contribution is 7.20. The molecule has 4 aromatic rings. The molecule has 0 saturated carbocycles. The van der Waals surface area contributed by atoms with Crippen LogP contribution in [-0.2, 0) is 4.79 Å². The largest absolute Gasteiger partial charge is 0.494 e. The molecule has 1 amide bonds. The topological polar surface area (TPSA) is 81.9 Å². The number of nitrogens with zero attached hydrogens (tertiary/aromatic N) is 4. The monoisotopic (exact) mass is 405 g/mol. The maximum atomic E-state index is 12.5. The minimum absolute atomic E-state index is 0.0350. The van der Waals surface area contributed by atoms with Crippen LogP contribution < -0.4 is 10.1 Å². The first-order chi connectivity index (χ1) is 14.1. The number of aryl methyl sites for hydroxylation is 1. The van der Waals surface area contributed by atoms with E-state index >= 15 is 0 Å². The fourth-order valence-electron chi connectivity index (χ4n) is 3.79. The Bertz CT molecular complexity index is 1210. The van der Waals surface area contributed by atoms with Crippen molar-refractivity contribution in [2.75, 3.05) is 11.9 Å². The minimum atomic E-state index is -0.0693. The fourth-order valence-corrected chi connectivity index (χ4v) is 4.74. The van der Waals surface area contributed by atoms with E-state index in [1.807, 2.05) is 50.4 Å². The normalized spacial score (nSPS) is 15.9. The van der Waals surface area contributed by atoms with Crippen LogP contribution in [0.15, 0.2) is 42.7 Å². The lowest BCUT2D eigenvalue weighted by atomic mass is 9.87. The number of hydrogen-bond acceptors (Lipinski definition) is 6. The second kappa shape index (κ2) is 6.97. The van der Waals surface area contributed by atoms with Crippen molar-refractivity contribution in [1.82, 2.24) is 19.7 Å². The van der Waals surface area contributed by atoms with Crippen molar-refractivity contribution >= 4 is 33.3 Å². The summed E-state index contributed by atoms with van der Waals surface area (Å²) >= 11 is 1.52. The lowest BCUT2D eigenvalue weighted by molar-refractivity contribution is -0.116. The van der Waals surface area contributed by atoms with Crippen molar-refractivity contribution < 1.29 is 9.53 Å². The smallest absolute Gasteiger partial charge is 0.226 e. The highest BCUT2D eigenvalue weighted by Crippen LogP contribution is 2.41. The zero-order valence-electron chi connectivity index (χ0n) is 16.0. The van der Waals surface area contributed by atoms with Gasteiger partial charge in [-0.2, -0.15) is 9.78 Å². The molecule has 0 spiro atoms. The Morgan fingerprint density at radius 2 is 2.24 bits per heavy atom. The molecule has 7 nitrogen and oxygen atoms in total. The highest BCUT2D eigenvalue weighted by Gasteiger charge is 2.33. The lowest BCUT2D eigenvalue weighted by Gasteiger charge is -2.23. The second-order valence-electron chi connectivity index (χ2n) is 6.91. The molecule has 5 rings (SSSR count). The van der Waals surface area contributed by atoms with E-state index in [-0.39, 0.29) is 11.8 Å². The standard InChI is InChI=1S/C21H19N5O2S/c1-3-28-14-6-7-16-17(9-14)29-21(23-16)26-20-19(12(2)25-26)15(10-18(27)24-20)13-5-4-8-22-11-13/h4-9,11,15H,3,10H2,1-2H3,(H,24,27)/t15-/m0/s1. The number of amides is 1. The Hall–Kier alpha value is -3.26. The van der Waals surface area contributed by atoms with Crippen LogP contribution in [-0.4, -0.2) is 32.3 Å². The molecule has 0 fully saturated rings. The first-order valence-corrected chi connectivity index (χ1v) is 10.3. The van der Waals surface area contributed by atoms with Crippen LogP contribution in [0.3, 0.4) is 0 Å². The predicted octanol–water partition coefficient (Wildman–Crippen LogP) is 4.06. The van der Waals surface area contributed by atoms with Gasteiger partial charge in [-0.1, -0.05) is 17.4 Å². The average molecular weight is 405 g/mol. The van der Waals surface area contributed by atoms with Crippen LogP contribution in [0, 0.1) is 6.92 Å². The number of fused-ring (bicyclic) bond motifs is 2. The third-order valence-electron chi connectivity index (χ3n) is 5.03. The summed E-state index contributed by atoms with van der Waals surface area (Å²) < 4.78 is 8.35. The molecular formula is C21H19N5O2S. The van der Waals surface area contributed by atoms with Gasteiger partial charge in [0.05, 0.1) is 22.5 Å². The molecule has 1 atom stereocenters. The summed E-state index contributed by atoms with van der Waals surface area (Å²) in [7, 11) is 0. The predicted molar refractivity (Wildman–Crippen MR) is 112 cm³/mol. The van der Waals surface area contributed by atoms with Gasteiger partial charge in [0, 0.05) is 30.3 Å². The van der Waals surface area contributed by atoms with E-state index in [1.165, 1.54) is 11.3 Å². The van der Waals surface area contributed by atoms with Crippen LogP contribution in [0.2, 0.25) is 0 Å². The number of aromatic nitrogens is 4. The van der Waals surface area contributed by atoms with Crippen molar-refractivity contribution in [3.63, 3.8) is 0 Å². The van der Waals surface area contributed by atoms with Gasteiger partial charge in [-0.3, -0.25) is 9.78 Å². The van der Waals surface area contributed by atoms with E-state index in [2.05, 4.69) is 10.3 Å². The molecule has 0 unspecified atom stereocenters. The van der Waals surface area contributed by atoms with Crippen molar-refractivity contribution in [2.24, 2.45) is 0 Å². The molecule has 0 bridgehead atoms. The first kappa shape index (κ1) is 17.8. The molecule has 0 saturated heterocycles. The second-order valence-corrected chi connectivity index (χ2v) is 7.92. The van der Waals surface area contributed by atoms with Gasteiger partial charge in [0.25, 0.3) is 0 Å². The van der Waals surface area contributed by atoms with E-state index in [4.69, 9.17) is 14.8 Å². The number of benzene rings is 1. The molecule has 1 aliphatic rings. The summed E-state index contributed by atoms with van der Waals surface area (Å²) in [5.74, 6) is 1.41. The van der Waals surface area contributed by atoms with Gasteiger partial charge in [0.2, 0.25) is 11.0 Å². The summed E-state index contributed by atoms with van der Waals surface area (Å²) in [6, 6.07) is 9.74. The van der Waals surface area contributed by atoms with Gasteiger partial charge in [-0.05, 0) is 43.7 Å². The van der Waals surface area contributed by atoms with Crippen molar-refractivity contribution in [3.8, 4) is 10.9 Å². The molecule has 1 aliphatic heterocycles. The quantitative estimate of drug-likeness (QED) is 0.554. The van der Waals surface area contributed by atoms with Gasteiger partial charge in [-0.15, -0.1) is 0 Å². The number of rotatable bonds is 4. The van der Waals surface area contributed by atoms with E-state index in [0.717, 1.165) is 32.8 Å². The molecule has 0 radical (unpaired) electrons. The first-order valence-electron chi connectivity index (χ1n) is 9.47. The fraction of sp³-hybridized carbons (Fsp3) is 0.238. The van der Waals surface area contributed by atoms with Gasteiger partial charge >= 0.3 is 0 Å². The number of hydrogen-bond donors (Lipinski definition) is 1. The van der Waals surface area contributed by atoms with E-state index in [1.54, 1.807) is 10.9 Å². The van der Waals surface area contributed by atoms with Gasteiger partial charge < -0.3 is 10.1 Å². The van der Waals surface area contributed by atoms with E-state index < -0.39 is 0 Å². The summed E-state index contributed by atoms with van der Waals surface area (Å²) in [4.78, 5) is 21.4. The minimum Gasteiger partial charge on any atom is -0.494 e. The van der Waals surface area contributed by atoms with Crippen LogP contribution >= 0.6 is 11.3 Å². The SMILES string of the molecule is CCOc1ccc2nc(-n3nc(C)c4c3NC(=O)C[C@H]4c3cccnc3)sc2c1. The number of ether oxygens (including phenoxy) is 1.